The van der Waals surface area contributed by atoms with Gasteiger partial charge in [-0.3, -0.25) is 9.13 Å². The summed E-state index contributed by atoms with van der Waals surface area (Å²) in [5.74, 6) is 0. The Hall–Kier alpha value is -8.28. The van der Waals surface area contributed by atoms with E-state index >= 15 is 0 Å². The third-order valence-corrected chi connectivity index (χ3v) is 12.8. The Bertz CT molecular complexity index is 4060. The van der Waals surface area contributed by atoms with Crippen LogP contribution in [-0.2, 0) is 0 Å². The van der Waals surface area contributed by atoms with E-state index in [1.165, 1.54) is 38.0 Å². The van der Waals surface area contributed by atoms with Crippen molar-refractivity contribution in [3.8, 4) is 28.2 Å². The fraction of sp³-hybridized carbons (Fsp3) is 0. The highest BCUT2D eigenvalue weighted by Gasteiger charge is 2.25. The number of furan rings is 2. The summed E-state index contributed by atoms with van der Waals surface area (Å²) >= 11 is 0. The van der Waals surface area contributed by atoms with Crippen LogP contribution >= 0.6 is 0 Å². The molecule has 5 aromatic heterocycles. The van der Waals surface area contributed by atoms with Crippen LogP contribution in [0.5, 0.6) is 0 Å². The number of hydrogen-bond acceptors (Lipinski definition) is 2. The molecule has 284 valence electrons. The van der Waals surface area contributed by atoms with Gasteiger partial charge in [0.1, 0.15) is 28.0 Å². The minimum Gasteiger partial charge on any atom is -0.456 e. The summed E-state index contributed by atoms with van der Waals surface area (Å²) in [4.78, 5) is 0. The number of aromatic nitrogens is 3. The van der Waals surface area contributed by atoms with Crippen molar-refractivity contribution >= 4 is 98.5 Å². The lowest BCUT2D eigenvalue weighted by molar-refractivity contribution is 0.668. The fourth-order valence-corrected chi connectivity index (χ4v) is 10.3. The van der Waals surface area contributed by atoms with Crippen LogP contribution < -0.4 is 0 Å². The second-order valence-electron chi connectivity index (χ2n) is 16.0. The molecule has 0 fully saturated rings. The van der Waals surface area contributed by atoms with Crippen molar-refractivity contribution in [2.75, 3.05) is 0 Å². The van der Waals surface area contributed by atoms with Gasteiger partial charge in [0, 0.05) is 60.0 Å². The van der Waals surface area contributed by atoms with Crippen molar-refractivity contribution in [1.29, 1.82) is 0 Å². The van der Waals surface area contributed by atoms with Gasteiger partial charge in [0.15, 0.2) is 0 Å². The number of hydrogen-bond donors (Lipinski definition) is 0. The predicted octanol–water partition coefficient (Wildman–Crippen LogP) is 15.3. The van der Waals surface area contributed by atoms with Crippen LogP contribution in [0.4, 0.5) is 0 Å². The smallest absolute Gasteiger partial charge is 0.143 e. The van der Waals surface area contributed by atoms with E-state index in [-0.39, 0.29) is 0 Å². The van der Waals surface area contributed by atoms with Gasteiger partial charge in [-0.15, -0.1) is 0 Å². The molecule has 61 heavy (non-hydrogen) atoms. The molecule has 5 nitrogen and oxygen atoms in total. The summed E-state index contributed by atoms with van der Waals surface area (Å²) in [6.07, 6.45) is 0. The summed E-state index contributed by atoms with van der Waals surface area (Å²) in [6, 6.07) is 71.6. The van der Waals surface area contributed by atoms with E-state index in [1.54, 1.807) is 0 Å². The van der Waals surface area contributed by atoms with E-state index in [0.29, 0.717) is 0 Å². The normalized spacial score (nSPS) is 12.3. The van der Waals surface area contributed by atoms with Crippen molar-refractivity contribution in [1.82, 2.24) is 13.7 Å². The number of nitrogens with zero attached hydrogens (tertiary/aromatic N) is 3. The molecule has 0 aliphatic heterocycles. The number of rotatable bonds is 4. The summed E-state index contributed by atoms with van der Waals surface area (Å²) in [5, 5.41) is 10.5. The largest absolute Gasteiger partial charge is 0.456 e. The van der Waals surface area contributed by atoms with E-state index < -0.39 is 0 Å². The number of fused-ring (bicyclic) bond motifs is 14. The molecule has 0 unspecified atom stereocenters. The molecule has 0 aliphatic rings. The molecule has 0 atom stereocenters. The van der Waals surface area contributed by atoms with Crippen LogP contribution in [0.2, 0.25) is 0 Å². The molecule has 0 spiro atoms. The van der Waals surface area contributed by atoms with Gasteiger partial charge in [-0.1, -0.05) is 121 Å². The van der Waals surface area contributed by atoms with Crippen molar-refractivity contribution in [3.63, 3.8) is 0 Å². The van der Waals surface area contributed by atoms with Crippen LogP contribution in [-0.4, -0.2) is 13.7 Å². The first-order valence-corrected chi connectivity index (χ1v) is 20.8. The molecule has 0 N–H and O–H groups in total. The second-order valence-corrected chi connectivity index (χ2v) is 16.0. The minimum absolute atomic E-state index is 0.870. The Morgan fingerprint density at radius 3 is 1.74 bits per heavy atom. The molecule has 5 heterocycles. The highest BCUT2D eigenvalue weighted by Crippen LogP contribution is 2.45. The zero-order valence-electron chi connectivity index (χ0n) is 32.7. The maximum Gasteiger partial charge on any atom is 0.143 e. The molecule has 0 radical (unpaired) electrons. The molecule has 5 heteroatoms. The first-order chi connectivity index (χ1) is 30.3. The average molecular weight is 780 g/mol. The fourth-order valence-electron chi connectivity index (χ4n) is 10.3. The molecular formula is C56H33N3O2. The van der Waals surface area contributed by atoms with Crippen LogP contribution in [0.15, 0.2) is 209 Å². The summed E-state index contributed by atoms with van der Waals surface area (Å²) in [5.41, 5.74) is 14.7. The number of para-hydroxylation sites is 6. The Morgan fingerprint density at radius 2 is 0.934 bits per heavy atom. The first kappa shape index (κ1) is 32.7. The van der Waals surface area contributed by atoms with Gasteiger partial charge in [-0.2, -0.15) is 0 Å². The van der Waals surface area contributed by atoms with Crippen molar-refractivity contribution in [2.45, 2.75) is 0 Å². The second kappa shape index (κ2) is 12.1. The van der Waals surface area contributed by atoms with E-state index in [9.17, 15) is 0 Å². The highest BCUT2D eigenvalue weighted by molar-refractivity contribution is 6.24. The summed E-state index contributed by atoms with van der Waals surface area (Å²) in [6.45, 7) is 0. The standard InChI is InChI=1S/C56H33N3O2/c1-2-14-35(15-3-1)58-48-30-28-34(32-44(48)53-41-18-6-10-24-47(41)59(56(53)58)49-25-13-27-52-54(49)42-19-7-11-26-50(42)60-52)37-20-12-21-40-43-33-36(29-31-51(43)61-55(37)40)57-45-22-8-4-16-38(45)39-17-5-9-23-46(39)57/h1-33H. The van der Waals surface area contributed by atoms with Crippen molar-refractivity contribution in [2.24, 2.45) is 0 Å². The molecule has 0 saturated carbocycles. The lowest BCUT2D eigenvalue weighted by atomic mass is 10.00. The monoisotopic (exact) mass is 779 g/mol. The first-order valence-electron chi connectivity index (χ1n) is 20.8. The van der Waals surface area contributed by atoms with E-state index in [4.69, 9.17) is 8.83 Å². The van der Waals surface area contributed by atoms with Crippen LogP contribution in [0.25, 0.3) is 127 Å². The molecule has 0 amide bonds. The average Bonchev–Trinajstić information content (AvgIpc) is 4.12. The van der Waals surface area contributed by atoms with Gasteiger partial charge < -0.3 is 13.4 Å². The van der Waals surface area contributed by atoms with Gasteiger partial charge in [0.2, 0.25) is 0 Å². The molecule has 14 rings (SSSR count). The van der Waals surface area contributed by atoms with E-state index in [1.807, 2.05) is 6.07 Å². The highest BCUT2D eigenvalue weighted by atomic mass is 16.3. The van der Waals surface area contributed by atoms with Crippen LogP contribution in [0.3, 0.4) is 0 Å². The van der Waals surface area contributed by atoms with Gasteiger partial charge in [-0.05, 0) is 84.4 Å². The SMILES string of the molecule is c1ccc(-n2c3ccc(-c4cccc5c4oc4ccc(-n6c7ccccc7c7ccccc76)cc45)cc3c3c4ccccc4n(-c4cccc5oc6ccccc6c45)c32)cc1. The lowest BCUT2D eigenvalue weighted by Crippen LogP contribution is -2.02. The van der Waals surface area contributed by atoms with Crippen LogP contribution in [0, 0.1) is 0 Å². The van der Waals surface area contributed by atoms with Gasteiger partial charge in [0.25, 0.3) is 0 Å². The lowest BCUT2D eigenvalue weighted by Gasteiger charge is -2.14. The van der Waals surface area contributed by atoms with E-state index in [0.717, 1.165) is 88.7 Å². The number of benzene rings is 9. The van der Waals surface area contributed by atoms with Gasteiger partial charge in [-0.25, -0.2) is 0 Å². The van der Waals surface area contributed by atoms with Crippen LogP contribution in [0.1, 0.15) is 0 Å². The Balaban J connectivity index is 1.03. The zero-order chi connectivity index (χ0) is 39.8. The quantitative estimate of drug-likeness (QED) is 0.178. The molecule has 14 aromatic rings. The van der Waals surface area contributed by atoms with Crippen molar-refractivity contribution in [3.05, 3.63) is 200 Å². The maximum absolute atomic E-state index is 6.83. The van der Waals surface area contributed by atoms with Gasteiger partial charge in [0.05, 0.1) is 33.1 Å². The topological polar surface area (TPSA) is 41.1 Å². The predicted molar refractivity (Wildman–Crippen MR) is 252 cm³/mol. The Labute approximate surface area is 348 Å². The van der Waals surface area contributed by atoms with Gasteiger partial charge >= 0.3 is 0 Å². The zero-order valence-corrected chi connectivity index (χ0v) is 32.7. The summed E-state index contributed by atoms with van der Waals surface area (Å²) < 4.78 is 20.5. The molecule has 0 aliphatic carbocycles. The molecule has 0 bridgehead atoms. The molecule has 9 aromatic carbocycles. The summed E-state index contributed by atoms with van der Waals surface area (Å²) in [7, 11) is 0. The van der Waals surface area contributed by atoms with E-state index in [2.05, 4.69) is 208 Å². The van der Waals surface area contributed by atoms with Crippen molar-refractivity contribution < 1.29 is 8.83 Å². The minimum atomic E-state index is 0.870. The molecular weight excluding hydrogens is 747 g/mol. The third-order valence-electron chi connectivity index (χ3n) is 12.8. The molecule has 0 saturated heterocycles. The Kier molecular flexibility index (Phi) is 6.49. The maximum atomic E-state index is 6.83. The Morgan fingerprint density at radius 1 is 0.311 bits per heavy atom. The third kappa shape index (κ3) is 4.44.